The van der Waals surface area contributed by atoms with E-state index in [4.69, 9.17) is 9.72 Å². The normalized spacial score (nSPS) is 15.8. The van der Waals surface area contributed by atoms with Crippen molar-refractivity contribution in [2.75, 3.05) is 21.3 Å². The number of hydrogen-bond acceptors (Lipinski definition) is 6. The number of nitrogens with zero attached hydrogens (tertiary/aromatic N) is 1. The average molecular weight is 1210 g/mol. The molecular formula is C82H77N5O5. The van der Waals surface area contributed by atoms with Crippen LogP contribution in [-0.2, 0) is 17.4 Å². The molecule has 11 heterocycles. The predicted octanol–water partition coefficient (Wildman–Crippen LogP) is 19.5. The molecule has 92 heavy (non-hydrogen) atoms. The number of ether oxygens (including phenoxy) is 1. The Bertz CT molecular complexity index is 4530. The first-order valence-electron chi connectivity index (χ1n) is 32.7. The third kappa shape index (κ3) is 10.7. The van der Waals surface area contributed by atoms with Crippen molar-refractivity contribution in [1.29, 1.82) is 0 Å². The molecule has 10 heteroatoms. The van der Waals surface area contributed by atoms with E-state index < -0.39 is 11.8 Å². The number of benzene rings is 10. The topological polar surface area (TPSA) is 139 Å². The molecule has 12 aliphatic rings. The van der Waals surface area contributed by atoms with Crippen molar-refractivity contribution >= 4 is 78.7 Å². The van der Waals surface area contributed by atoms with Crippen molar-refractivity contribution in [2.45, 2.75) is 137 Å². The molecule has 2 aliphatic carbocycles. The first kappa shape index (κ1) is 59.7. The maximum Gasteiger partial charge on any atom is 0.274 e. The number of carbonyl (C=O) groups excluding carboxylic acids is 4. The Balaban J connectivity index is 0.836. The predicted molar refractivity (Wildman–Crippen MR) is 374 cm³/mol. The largest absolute Gasteiger partial charge is 0.489 e. The molecule has 4 N–H and O–H groups in total. The van der Waals surface area contributed by atoms with Crippen LogP contribution in [0.25, 0.3) is 43.4 Å². The van der Waals surface area contributed by atoms with Gasteiger partial charge in [0.2, 0.25) is 0 Å². The summed E-state index contributed by atoms with van der Waals surface area (Å²) in [5.74, 6) is -1.19. The Labute approximate surface area is 538 Å². The molecule has 10 aromatic carbocycles. The number of nitrogens with one attached hydrogen (secondary N) is 4. The fraction of sp³-hybridized carbons (Fsp3) is 0.256. The monoisotopic (exact) mass is 1210 g/mol. The Kier molecular flexibility index (Phi) is 15.4. The van der Waals surface area contributed by atoms with Gasteiger partial charge in [-0.15, -0.1) is 0 Å². The van der Waals surface area contributed by atoms with Crippen molar-refractivity contribution in [1.82, 2.24) is 4.98 Å². The van der Waals surface area contributed by atoms with E-state index in [1.165, 1.54) is 54.6 Å². The lowest BCUT2D eigenvalue weighted by Crippen LogP contribution is -2.31. The standard InChI is InChI=1S/C82H77N5O5/c1-47-35-62-36-48(2)73(47)84-77(88)60-19-16-20-61(43-60)78(89)85-74-49(3)37-63(38-50(74)4)82(33-13-10-14-34-82)65-41-53(7)76(54(8)42-65)87-80(91)70-45-66(44-69(83-70)79(90)86-75-51(5)39-64(40-52(75)6)81(62)31-11-9-12-32-81)92-46-55-21-23-56(24-22-55)67-29-27-59-26-25-57-17-15-18-58-28-30-68(67)72(59)71(57)58/h15-30,35-45H,9-14,31-34,46H2,1-8H3,(H,84,88)(H,85,89)(H,86,90)(H,87,91). The summed E-state index contributed by atoms with van der Waals surface area (Å²) in [6, 6.07) is 56.1. The molecule has 2 fully saturated rings. The number of carbonyl (C=O) groups is 4. The Morgan fingerprint density at radius 1 is 0.370 bits per heavy atom. The minimum Gasteiger partial charge on any atom is -0.489 e. The van der Waals surface area contributed by atoms with Crippen LogP contribution in [0.2, 0.25) is 0 Å². The number of anilines is 4. The summed E-state index contributed by atoms with van der Waals surface area (Å²) in [5, 5.41) is 20.4. The van der Waals surface area contributed by atoms with Crippen LogP contribution in [-0.4, -0.2) is 28.6 Å². The van der Waals surface area contributed by atoms with Crippen molar-refractivity contribution in [3.63, 3.8) is 0 Å². The molecule has 460 valence electrons. The van der Waals surface area contributed by atoms with Gasteiger partial charge in [0.15, 0.2) is 0 Å². The van der Waals surface area contributed by atoms with E-state index in [0.29, 0.717) is 28.3 Å². The van der Waals surface area contributed by atoms with Gasteiger partial charge in [-0.2, -0.15) is 0 Å². The molecule has 4 amide bonds. The highest BCUT2D eigenvalue weighted by atomic mass is 16.5. The van der Waals surface area contributed by atoms with Gasteiger partial charge in [0.1, 0.15) is 23.7 Å². The molecule has 10 aliphatic heterocycles. The number of pyridine rings is 1. The Morgan fingerprint density at radius 3 is 1.16 bits per heavy atom. The molecule has 2 spiro atoms. The van der Waals surface area contributed by atoms with E-state index in [2.05, 4.69) is 149 Å². The second-order valence-corrected chi connectivity index (χ2v) is 26.7. The average Bonchev–Trinajstić information content (AvgIpc) is 0.733. The lowest BCUT2D eigenvalue weighted by atomic mass is 9.64. The SMILES string of the molecule is Cc1cc2cc(C)c1NC(=O)c1cccc(c1)C(=O)Nc1c(C)cc(cc1C)C1(CCCCC1)c1cc(C)c(c(C)c1)NC(=O)c1cc(OCc3ccc(-c4ccc5ccc6cccc7ccc4c5c67)cc3)cc(n1)C(=O)Nc1c(C)cc(cc1C)C21CCCCC1. The minimum absolute atomic E-state index is 0.0414. The molecule has 1 aromatic heterocycles. The number of aromatic nitrogens is 1. The Hall–Kier alpha value is -9.93. The fourth-order valence-corrected chi connectivity index (χ4v) is 15.8. The van der Waals surface area contributed by atoms with Gasteiger partial charge in [0.25, 0.3) is 23.6 Å². The van der Waals surface area contributed by atoms with Crippen LogP contribution in [0.3, 0.4) is 0 Å². The van der Waals surface area contributed by atoms with E-state index in [0.717, 1.165) is 137 Å². The molecule has 0 unspecified atom stereocenters. The third-order valence-corrected chi connectivity index (χ3v) is 20.6. The third-order valence-electron chi connectivity index (χ3n) is 20.6. The first-order valence-corrected chi connectivity index (χ1v) is 32.7. The highest BCUT2D eigenvalue weighted by Gasteiger charge is 2.39. The molecule has 11 aromatic rings. The van der Waals surface area contributed by atoms with E-state index >= 15 is 0 Å². The molecule has 10 nitrogen and oxygen atoms in total. The molecule has 2 saturated carbocycles. The van der Waals surface area contributed by atoms with Gasteiger partial charge in [-0.25, -0.2) is 4.98 Å². The van der Waals surface area contributed by atoms with Gasteiger partial charge in [0.05, 0.1) is 0 Å². The van der Waals surface area contributed by atoms with E-state index in [-0.39, 0.29) is 40.6 Å². The maximum atomic E-state index is 14.9. The zero-order chi connectivity index (χ0) is 63.7. The quantitative estimate of drug-likeness (QED) is 0.130. The van der Waals surface area contributed by atoms with Crippen LogP contribution in [0.1, 0.15) is 178 Å². The number of amides is 4. The summed E-state index contributed by atoms with van der Waals surface area (Å²) in [7, 11) is 0. The van der Waals surface area contributed by atoms with Crippen molar-refractivity contribution < 1.29 is 23.9 Å². The van der Waals surface area contributed by atoms with Gasteiger partial charge in [-0.3, -0.25) is 19.2 Å². The van der Waals surface area contributed by atoms with Crippen LogP contribution < -0.4 is 26.0 Å². The minimum atomic E-state index is -0.467. The second kappa shape index (κ2) is 23.7. The Morgan fingerprint density at radius 2 is 0.739 bits per heavy atom. The van der Waals surface area contributed by atoms with Gasteiger partial charge in [-0.05, 0) is 215 Å². The van der Waals surface area contributed by atoms with Gasteiger partial charge in [-0.1, -0.05) is 172 Å². The first-order chi connectivity index (χ1) is 44.4. The van der Waals surface area contributed by atoms with Gasteiger partial charge < -0.3 is 26.0 Å². The molecule has 12 bridgehead atoms. The van der Waals surface area contributed by atoms with Crippen LogP contribution in [0.15, 0.2) is 164 Å². The number of aryl methyl sites for hydroxylation is 8. The molecule has 0 radical (unpaired) electrons. The van der Waals surface area contributed by atoms with Crippen LogP contribution in [0, 0.1) is 55.4 Å². The van der Waals surface area contributed by atoms with Crippen molar-refractivity contribution in [2.24, 2.45) is 0 Å². The fourth-order valence-electron chi connectivity index (χ4n) is 15.8. The summed E-state index contributed by atoms with van der Waals surface area (Å²) in [6.45, 7) is 16.5. The zero-order valence-electron chi connectivity index (χ0n) is 53.9. The van der Waals surface area contributed by atoms with Crippen LogP contribution in [0.4, 0.5) is 22.7 Å². The summed E-state index contributed by atoms with van der Waals surface area (Å²) < 4.78 is 6.60. The zero-order valence-corrected chi connectivity index (χ0v) is 53.9. The lowest BCUT2D eigenvalue weighted by Gasteiger charge is -2.40. The van der Waals surface area contributed by atoms with E-state index in [1.807, 2.05) is 55.4 Å². The van der Waals surface area contributed by atoms with Crippen molar-refractivity contribution in [3.8, 4) is 16.9 Å². The molecule has 0 saturated heterocycles. The summed E-state index contributed by atoms with van der Waals surface area (Å²) in [6.07, 6.45) is 10.3. The number of rotatable bonds is 4. The lowest BCUT2D eigenvalue weighted by molar-refractivity contribution is 0.100. The summed E-state index contributed by atoms with van der Waals surface area (Å²) in [4.78, 5) is 63.2. The summed E-state index contributed by atoms with van der Waals surface area (Å²) in [5.41, 5.74) is 18.3. The van der Waals surface area contributed by atoms with E-state index in [1.54, 1.807) is 36.4 Å². The highest BCUT2D eigenvalue weighted by molar-refractivity contribution is 6.25. The molecular weight excluding hydrogens is 1130 g/mol. The van der Waals surface area contributed by atoms with Gasteiger partial charge >= 0.3 is 0 Å². The highest BCUT2D eigenvalue weighted by Crippen LogP contribution is 2.50. The maximum absolute atomic E-state index is 14.9. The molecule has 23 rings (SSSR count). The van der Waals surface area contributed by atoms with Gasteiger partial charge in [0, 0.05) is 56.8 Å². The smallest absolute Gasteiger partial charge is 0.274 e. The van der Waals surface area contributed by atoms with E-state index in [9.17, 15) is 19.2 Å². The second-order valence-electron chi connectivity index (χ2n) is 26.7. The van der Waals surface area contributed by atoms with Crippen LogP contribution in [0.5, 0.6) is 5.75 Å². The molecule has 0 atom stereocenters. The number of hydrogen-bond donors (Lipinski definition) is 4. The summed E-state index contributed by atoms with van der Waals surface area (Å²) >= 11 is 0. The van der Waals surface area contributed by atoms with Crippen LogP contribution >= 0.6 is 0 Å². The van der Waals surface area contributed by atoms with Crippen molar-refractivity contribution in [3.05, 3.63) is 259 Å².